The van der Waals surface area contributed by atoms with Gasteiger partial charge >= 0.3 is 5.97 Å². The summed E-state index contributed by atoms with van der Waals surface area (Å²) in [6, 6.07) is 8.22. The molecule has 4 heteroatoms. The number of carbonyl (C=O) groups is 1. The normalized spacial score (nSPS) is 16.5. The van der Waals surface area contributed by atoms with Crippen LogP contribution in [0, 0.1) is 0 Å². The molecule has 1 aromatic rings. The number of esters is 1. The first-order valence-corrected chi connectivity index (χ1v) is 7.26. The molecule has 1 fully saturated rings. The molecule has 0 bridgehead atoms. The summed E-state index contributed by atoms with van der Waals surface area (Å²) in [6.07, 6.45) is 0.295. The van der Waals surface area contributed by atoms with Crippen LogP contribution in [-0.4, -0.2) is 50.2 Å². The van der Waals surface area contributed by atoms with Gasteiger partial charge in [-0.15, -0.1) is 0 Å². The number of ether oxygens (including phenoxy) is 1. The minimum absolute atomic E-state index is 0.0525. The molecule has 0 aromatic heterocycles. The first kappa shape index (κ1) is 14.9. The topological polar surface area (TPSA) is 32.8 Å². The van der Waals surface area contributed by atoms with Crippen molar-refractivity contribution < 1.29 is 9.53 Å². The van der Waals surface area contributed by atoms with Crippen LogP contribution < -0.4 is 4.90 Å². The molecule has 1 heterocycles. The Hall–Kier alpha value is -1.55. The number of hydrogen-bond acceptors (Lipinski definition) is 4. The van der Waals surface area contributed by atoms with Gasteiger partial charge in [-0.25, -0.2) is 0 Å². The lowest BCUT2D eigenvalue weighted by molar-refractivity contribution is -0.146. The molecule has 0 amide bonds. The molecule has 0 atom stereocenters. The first-order valence-electron chi connectivity index (χ1n) is 7.26. The summed E-state index contributed by atoms with van der Waals surface area (Å²) < 4.78 is 5.19. The van der Waals surface area contributed by atoms with Gasteiger partial charge in [0, 0.05) is 31.9 Å². The Morgan fingerprint density at radius 3 is 2.60 bits per heavy atom. The van der Waals surface area contributed by atoms with Gasteiger partial charge in [0.25, 0.3) is 0 Å². The quantitative estimate of drug-likeness (QED) is 0.787. The van der Waals surface area contributed by atoms with E-state index in [0.29, 0.717) is 6.42 Å². The van der Waals surface area contributed by atoms with E-state index >= 15 is 0 Å². The van der Waals surface area contributed by atoms with Crippen LogP contribution in [0.15, 0.2) is 24.3 Å². The van der Waals surface area contributed by atoms with Gasteiger partial charge in [0.2, 0.25) is 0 Å². The molecule has 0 aliphatic carbocycles. The van der Waals surface area contributed by atoms with Crippen LogP contribution >= 0.6 is 0 Å². The number of nitrogens with zero attached hydrogens (tertiary/aromatic N) is 2. The molecular formula is C16H24N2O2. The number of rotatable bonds is 4. The number of likely N-dealkylation sites (N-methyl/N-ethyl adjacent to an activating group) is 1. The summed E-state index contributed by atoms with van der Waals surface area (Å²) in [4.78, 5) is 16.4. The van der Waals surface area contributed by atoms with Crippen LogP contribution in [0.1, 0.15) is 19.4 Å². The number of carbonyl (C=O) groups excluding carboxylic acids is 1. The highest BCUT2D eigenvalue weighted by atomic mass is 16.5. The van der Waals surface area contributed by atoms with Gasteiger partial charge in [0.1, 0.15) is 0 Å². The van der Waals surface area contributed by atoms with Crippen LogP contribution in [0.25, 0.3) is 0 Å². The smallest absolute Gasteiger partial charge is 0.310 e. The Morgan fingerprint density at radius 2 is 1.95 bits per heavy atom. The lowest BCUT2D eigenvalue weighted by atomic mass is 10.1. The SMILES string of the molecule is CC(C)OC(=O)Cc1cccc(N2CCN(C)CC2)c1. The lowest BCUT2D eigenvalue weighted by Gasteiger charge is -2.34. The van der Waals surface area contributed by atoms with Crippen molar-refractivity contribution in [2.24, 2.45) is 0 Å². The molecule has 0 spiro atoms. The zero-order valence-corrected chi connectivity index (χ0v) is 12.6. The maximum Gasteiger partial charge on any atom is 0.310 e. The Kier molecular flexibility index (Phi) is 5.01. The summed E-state index contributed by atoms with van der Waals surface area (Å²) in [6.45, 7) is 7.99. The number of piperazine rings is 1. The fraction of sp³-hybridized carbons (Fsp3) is 0.562. The van der Waals surface area contributed by atoms with E-state index in [1.165, 1.54) is 5.69 Å². The van der Waals surface area contributed by atoms with Gasteiger partial charge in [-0.2, -0.15) is 0 Å². The molecule has 1 aliphatic rings. The van der Waals surface area contributed by atoms with E-state index in [1.807, 2.05) is 26.0 Å². The van der Waals surface area contributed by atoms with Crippen molar-refractivity contribution in [1.82, 2.24) is 4.90 Å². The maximum absolute atomic E-state index is 11.7. The molecule has 1 aliphatic heterocycles. The molecule has 0 unspecified atom stereocenters. The van der Waals surface area contributed by atoms with Crippen LogP contribution in [0.4, 0.5) is 5.69 Å². The average molecular weight is 276 g/mol. The minimum Gasteiger partial charge on any atom is -0.463 e. The van der Waals surface area contributed by atoms with Crippen molar-refractivity contribution in [2.45, 2.75) is 26.4 Å². The van der Waals surface area contributed by atoms with Crippen molar-refractivity contribution >= 4 is 11.7 Å². The highest BCUT2D eigenvalue weighted by molar-refractivity contribution is 5.73. The van der Waals surface area contributed by atoms with Crippen molar-refractivity contribution in [2.75, 3.05) is 38.1 Å². The third-order valence-corrected chi connectivity index (χ3v) is 3.49. The zero-order valence-electron chi connectivity index (χ0n) is 12.6. The summed E-state index contributed by atoms with van der Waals surface area (Å²) in [5.41, 5.74) is 2.22. The van der Waals surface area contributed by atoms with E-state index in [4.69, 9.17) is 4.74 Å². The van der Waals surface area contributed by atoms with Crippen molar-refractivity contribution in [1.29, 1.82) is 0 Å². The number of hydrogen-bond donors (Lipinski definition) is 0. The van der Waals surface area contributed by atoms with E-state index < -0.39 is 0 Å². The fourth-order valence-electron chi connectivity index (χ4n) is 2.40. The molecule has 1 aromatic carbocycles. The Balaban J connectivity index is 1.99. The molecule has 2 rings (SSSR count). The molecule has 0 radical (unpaired) electrons. The molecule has 0 N–H and O–H groups in total. The highest BCUT2D eigenvalue weighted by Gasteiger charge is 2.15. The Morgan fingerprint density at radius 1 is 1.25 bits per heavy atom. The van der Waals surface area contributed by atoms with Gasteiger partial charge in [0.05, 0.1) is 12.5 Å². The monoisotopic (exact) mass is 276 g/mol. The van der Waals surface area contributed by atoms with Gasteiger partial charge in [-0.1, -0.05) is 12.1 Å². The molecule has 1 saturated heterocycles. The number of anilines is 1. The largest absolute Gasteiger partial charge is 0.463 e. The van der Waals surface area contributed by atoms with E-state index in [-0.39, 0.29) is 12.1 Å². The maximum atomic E-state index is 11.7. The van der Waals surface area contributed by atoms with E-state index in [0.717, 1.165) is 31.7 Å². The minimum atomic E-state index is -0.157. The molecule has 20 heavy (non-hydrogen) atoms. The second kappa shape index (κ2) is 6.75. The van der Waals surface area contributed by atoms with Crippen LogP contribution in [-0.2, 0) is 16.0 Å². The van der Waals surface area contributed by atoms with Crippen LogP contribution in [0.5, 0.6) is 0 Å². The van der Waals surface area contributed by atoms with Crippen LogP contribution in [0.2, 0.25) is 0 Å². The summed E-state index contributed by atoms with van der Waals surface area (Å²) in [5.74, 6) is -0.157. The third kappa shape index (κ3) is 4.23. The van der Waals surface area contributed by atoms with Crippen molar-refractivity contribution in [3.63, 3.8) is 0 Å². The number of benzene rings is 1. The second-order valence-corrected chi connectivity index (χ2v) is 5.68. The van der Waals surface area contributed by atoms with E-state index in [2.05, 4.69) is 29.0 Å². The van der Waals surface area contributed by atoms with E-state index in [9.17, 15) is 4.79 Å². The lowest BCUT2D eigenvalue weighted by Crippen LogP contribution is -2.44. The van der Waals surface area contributed by atoms with Gasteiger partial charge in [-0.05, 0) is 38.6 Å². The predicted octanol–water partition coefficient (Wildman–Crippen LogP) is 1.93. The average Bonchev–Trinajstić information content (AvgIpc) is 2.38. The first-order chi connectivity index (χ1) is 9.54. The second-order valence-electron chi connectivity index (χ2n) is 5.68. The van der Waals surface area contributed by atoms with Crippen LogP contribution in [0.3, 0.4) is 0 Å². The molecular weight excluding hydrogens is 252 g/mol. The summed E-state index contributed by atoms with van der Waals surface area (Å²) in [7, 11) is 2.15. The predicted molar refractivity (Wildman–Crippen MR) is 81.1 cm³/mol. The standard InChI is InChI=1S/C16H24N2O2/c1-13(2)20-16(19)12-14-5-4-6-15(11-14)18-9-7-17(3)8-10-18/h4-6,11,13H,7-10,12H2,1-3H3. The fourth-order valence-corrected chi connectivity index (χ4v) is 2.40. The van der Waals surface area contributed by atoms with E-state index in [1.54, 1.807) is 0 Å². The third-order valence-electron chi connectivity index (χ3n) is 3.49. The molecule has 110 valence electrons. The highest BCUT2D eigenvalue weighted by Crippen LogP contribution is 2.18. The van der Waals surface area contributed by atoms with Crippen molar-refractivity contribution in [3.8, 4) is 0 Å². The van der Waals surface area contributed by atoms with Gasteiger partial charge in [0.15, 0.2) is 0 Å². The summed E-state index contributed by atoms with van der Waals surface area (Å²) >= 11 is 0. The Labute approximate surface area is 121 Å². The van der Waals surface area contributed by atoms with Gasteiger partial charge < -0.3 is 14.5 Å². The van der Waals surface area contributed by atoms with Gasteiger partial charge in [-0.3, -0.25) is 4.79 Å². The van der Waals surface area contributed by atoms with Crippen molar-refractivity contribution in [3.05, 3.63) is 29.8 Å². The Bertz CT molecular complexity index is 452. The molecule has 0 saturated carbocycles. The summed E-state index contributed by atoms with van der Waals surface area (Å²) in [5, 5.41) is 0. The zero-order chi connectivity index (χ0) is 14.5. The molecule has 4 nitrogen and oxygen atoms in total.